The van der Waals surface area contributed by atoms with Crippen molar-refractivity contribution in [3.63, 3.8) is 0 Å². The van der Waals surface area contributed by atoms with Crippen LogP contribution < -0.4 is 5.73 Å². The Morgan fingerprint density at radius 3 is 2.83 bits per heavy atom. The summed E-state index contributed by atoms with van der Waals surface area (Å²) in [5.74, 6) is 0.0614. The molecule has 0 unspecified atom stereocenters. The van der Waals surface area contributed by atoms with Crippen molar-refractivity contribution in [2.45, 2.75) is 12.8 Å². The Hall–Kier alpha value is -2.04. The van der Waals surface area contributed by atoms with Gasteiger partial charge in [0, 0.05) is 25.4 Å². The molecular formula is C13H17N3O2. The van der Waals surface area contributed by atoms with Gasteiger partial charge in [0.2, 0.25) is 5.91 Å². The van der Waals surface area contributed by atoms with Crippen LogP contribution in [0.4, 0.5) is 0 Å². The molecule has 1 saturated heterocycles. The SMILES string of the molecule is N/C(=N/O)[C@@H]1CC(=O)N(CCc2ccccc2)C1. The van der Waals surface area contributed by atoms with E-state index in [2.05, 4.69) is 5.16 Å². The Bertz CT molecular complexity index is 445. The molecule has 5 nitrogen and oxygen atoms in total. The number of nitrogens with zero attached hydrogens (tertiary/aromatic N) is 2. The van der Waals surface area contributed by atoms with Gasteiger partial charge in [-0.15, -0.1) is 0 Å². The zero-order chi connectivity index (χ0) is 13.0. The Kier molecular flexibility index (Phi) is 3.82. The molecular weight excluding hydrogens is 230 g/mol. The Labute approximate surface area is 106 Å². The van der Waals surface area contributed by atoms with E-state index >= 15 is 0 Å². The third-order valence-corrected chi connectivity index (χ3v) is 3.26. The van der Waals surface area contributed by atoms with E-state index in [4.69, 9.17) is 10.9 Å². The summed E-state index contributed by atoms with van der Waals surface area (Å²) in [6, 6.07) is 10.0. The van der Waals surface area contributed by atoms with E-state index in [1.54, 1.807) is 4.90 Å². The molecule has 0 bridgehead atoms. The van der Waals surface area contributed by atoms with Crippen molar-refractivity contribution in [3.05, 3.63) is 35.9 Å². The van der Waals surface area contributed by atoms with E-state index in [-0.39, 0.29) is 17.7 Å². The first-order valence-electron chi connectivity index (χ1n) is 6.00. The Balaban J connectivity index is 1.89. The monoisotopic (exact) mass is 247 g/mol. The van der Waals surface area contributed by atoms with Crippen LogP contribution in [0, 0.1) is 5.92 Å². The summed E-state index contributed by atoms with van der Waals surface area (Å²) < 4.78 is 0. The predicted octanol–water partition coefficient (Wildman–Crippen LogP) is 0.824. The van der Waals surface area contributed by atoms with Gasteiger partial charge in [0.25, 0.3) is 0 Å². The predicted molar refractivity (Wildman–Crippen MR) is 68.2 cm³/mol. The molecule has 1 aromatic rings. The van der Waals surface area contributed by atoms with Gasteiger partial charge >= 0.3 is 0 Å². The molecule has 96 valence electrons. The summed E-state index contributed by atoms with van der Waals surface area (Å²) in [6.07, 6.45) is 1.17. The fourth-order valence-electron chi connectivity index (χ4n) is 2.18. The van der Waals surface area contributed by atoms with Crippen LogP contribution in [0.3, 0.4) is 0 Å². The topological polar surface area (TPSA) is 78.9 Å². The van der Waals surface area contributed by atoms with E-state index in [1.807, 2.05) is 30.3 Å². The van der Waals surface area contributed by atoms with Crippen LogP contribution in [-0.2, 0) is 11.2 Å². The van der Waals surface area contributed by atoms with Gasteiger partial charge in [-0.25, -0.2) is 0 Å². The molecule has 1 amide bonds. The number of carbonyl (C=O) groups is 1. The lowest BCUT2D eigenvalue weighted by Crippen LogP contribution is -2.30. The number of likely N-dealkylation sites (tertiary alicyclic amines) is 1. The summed E-state index contributed by atoms with van der Waals surface area (Å²) >= 11 is 0. The summed E-state index contributed by atoms with van der Waals surface area (Å²) in [6.45, 7) is 1.22. The minimum atomic E-state index is -0.154. The highest BCUT2D eigenvalue weighted by molar-refractivity contribution is 5.91. The van der Waals surface area contributed by atoms with Crippen molar-refractivity contribution in [2.24, 2.45) is 16.8 Å². The van der Waals surface area contributed by atoms with Gasteiger partial charge in [0.05, 0.1) is 0 Å². The summed E-state index contributed by atoms with van der Waals surface area (Å²) in [7, 11) is 0. The van der Waals surface area contributed by atoms with Gasteiger partial charge in [-0.3, -0.25) is 4.79 Å². The van der Waals surface area contributed by atoms with Crippen molar-refractivity contribution in [1.29, 1.82) is 0 Å². The number of oxime groups is 1. The van der Waals surface area contributed by atoms with Gasteiger partial charge < -0.3 is 15.8 Å². The molecule has 0 saturated carbocycles. The smallest absolute Gasteiger partial charge is 0.223 e. The fraction of sp³-hybridized carbons (Fsp3) is 0.385. The molecule has 3 N–H and O–H groups in total. The molecule has 0 radical (unpaired) electrons. The molecule has 2 rings (SSSR count). The van der Waals surface area contributed by atoms with Gasteiger partial charge in [0.1, 0.15) is 5.84 Å². The number of nitrogens with two attached hydrogens (primary N) is 1. The van der Waals surface area contributed by atoms with Crippen LogP contribution >= 0.6 is 0 Å². The average molecular weight is 247 g/mol. The Morgan fingerprint density at radius 1 is 1.44 bits per heavy atom. The second kappa shape index (κ2) is 5.53. The molecule has 1 aliphatic rings. The first-order chi connectivity index (χ1) is 8.70. The third-order valence-electron chi connectivity index (χ3n) is 3.26. The van der Waals surface area contributed by atoms with Crippen LogP contribution in [0.5, 0.6) is 0 Å². The third kappa shape index (κ3) is 2.80. The van der Waals surface area contributed by atoms with E-state index in [1.165, 1.54) is 5.56 Å². The van der Waals surface area contributed by atoms with Crippen LogP contribution in [0.1, 0.15) is 12.0 Å². The Morgan fingerprint density at radius 2 is 2.17 bits per heavy atom. The van der Waals surface area contributed by atoms with Gasteiger partial charge in [0.15, 0.2) is 0 Å². The number of carbonyl (C=O) groups excluding carboxylic acids is 1. The highest BCUT2D eigenvalue weighted by atomic mass is 16.4. The van der Waals surface area contributed by atoms with Crippen LogP contribution in [0.25, 0.3) is 0 Å². The zero-order valence-electron chi connectivity index (χ0n) is 10.1. The first kappa shape index (κ1) is 12.4. The number of hydrogen-bond donors (Lipinski definition) is 2. The van der Waals surface area contributed by atoms with Crippen molar-refractivity contribution >= 4 is 11.7 Å². The zero-order valence-corrected chi connectivity index (χ0v) is 10.1. The van der Waals surface area contributed by atoms with E-state index in [9.17, 15) is 4.79 Å². The molecule has 5 heteroatoms. The summed E-state index contributed by atoms with van der Waals surface area (Å²) in [5, 5.41) is 11.6. The standard InChI is InChI=1S/C13H17N3O2/c14-13(15-18)11-8-12(17)16(9-11)7-6-10-4-2-1-3-5-10/h1-5,11,18H,6-9H2,(H2,14,15)/t11-/m1/s1. The molecule has 18 heavy (non-hydrogen) atoms. The minimum absolute atomic E-state index is 0.0718. The number of rotatable bonds is 4. The van der Waals surface area contributed by atoms with Gasteiger partial charge in [-0.05, 0) is 12.0 Å². The van der Waals surface area contributed by atoms with Crippen LogP contribution in [0.15, 0.2) is 35.5 Å². The molecule has 0 spiro atoms. The highest BCUT2D eigenvalue weighted by Crippen LogP contribution is 2.18. The van der Waals surface area contributed by atoms with Crippen LogP contribution in [-0.4, -0.2) is 34.9 Å². The second-order valence-corrected chi connectivity index (χ2v) is 4.50. The number of amidine groups is 1. The van der Waals surface area contributed by atoms with Crippen molar-refractivity contribution < 1.29 is 10.0 Å². The second-order valence-electron chi connectivity index (χ2n) is 4.50. The van der Waals surface area contributed by atoms with E-state index in [0.717, 1.165) is 6.42 Å². The van der Waals surface area contributed by atoms with Gasteiger partial charge in [-0.2, -0.15) is 0 Å². The van der Waals surface area contributed by atoms with Crippen LogP contribution in [0.2, 0.25) is 0 Å². The molecule has 0 aliphatic carbocycles. The molecule has 1 heterocycles. The molecule has 1 aromatic carbocycles. The number of amides is 1. The van der Waals surface area contributed by atoms with Crippen molar-refractivity contribution in [1.82, 2.24) is 4.90 Å². The lowest BCUT2D eigenvalue weighted by molar-refractivity contribution is -0.127. The largest absolute Gasteiger partial charge is 0.409 e. The normalized spacial score (nSPS) is 20.4. The maximum atomic E-state index is 11.8. The van der Waals surface area contributed by atoms with Crippen molar-refractivity contribution in [3.8, 4) is 0 Å². The molecule has 1 fully saturated rings. The van der Waals surface area contributed by atoms with E-state index < -0.39 is 0 Å². The molecule has 1 aliphatic heterocycles. The lowest BCUT2D eigenvalue weighted by Gasteiger charge is -2.16. The maximum Gasteiger partial charge on any atom is 0.223 e. The average Bonchev–Trinajstić information content (AvgIpc) is 2.78. The number of benzene rings is 1. The first-order valence-corrected chi connectivity index (χ1v) is 6.00. The summed E-state index contributed by atoms with van der Waals surface area (Å²) in [5.41, 5.74) is 6.74. The summed E-state index contributed by atoms with van der Waals surface area (Å²) in [4.78, 5) is 13.5. The highest BCUT2D eigenvalue weighted by Gasteiger charge is 2.31. The van der Waals surface area contributed by atoms with Crippen molar-refractivity contribution in [2.75, 3.05) is 13.1 Å². The lowest BCUT2D eigenvalue weighted by atomic mass is 10.1. The molecule has 1 atom stereocenters. The quantitative estimate of drug-likeness (QED) is 0.358. The number of hydrogen-bond acceptors (Lipinski definition) is 3. The molecule has 0 aromatic heterocycles. The minimum Gasteiger partial charge on any atom is -0.409 e. The van der Waals surface area contributed by atoms with E-state index in [0.29, 0.717) is 19.5 Å². The maximum absolute atomic E-state index is 11.8. The fourth-order valence-corrected chi connectivity index (χ4v) is 2.18. The van der Waals surface area contributed by atoms with Gasteiger partial charge in [-0.1, -0.05) is 35.5 Å².